The molecule has 1 fully saturated rings. The first-order valence-electron chi connectivity index (χ1n) is 6.98. The number of amides is 2. The van der Waals surface area contributed by atoms with Crippen LogP contribution in [-0.2, 0) is 9.59 Å². The van der Waals surface area contributed by atoms with Gasteiger partial charge in [-0.25, -0.2) is 0 Å². The van der Waals surface area contributed by atoms with Gasteiger partial charge < -0.3 is 15.5 Å². The molecule has 2 rings (SSSR count). The summed E-state index contributed by atoms with van der Waals surface area (Å²) in [6.45, 7) is 4.66. The van der Waals surface area contributed by atoms with Crippen molar-refractivity contribution in [3.8, 4) is 0 Å². The Labute approximate surface area is 131 Å². The molecule has 116 valence electrons. The van der Waals surface area contributed by atoms with Crippen LogP contribution in [-0.4, -0.2) is 41.9 Å². The molecule has 0 bridgehead atoms. The lowest BCUT2D eigenvalue weighted by Crippen LogP contribution is -2.50. The minimum atomic E-state index is -0.575. The molecular formula is C15H22ClN3O2. The number of para-hydroxylation sites is 1. The predicted molar refractivity (Wildman–Crippen MR) is 85.5 cm³/mol. The van der Waals surface area contributed by atoms with Gasteiger partial charge in [0.15, 0.2) is 0 Å². The highest BCUT2D eigenvalue weighted by atomic mass is 35.5. The van der Waals surface area contributed by atoms with E-state index in [2.05, 4.69) is 0 Å². The summed E-state index contributed by atoms with van der Waals surface area (Å²) < 4.78 is 0. The Kier molecular flexibility index (Phi) is 6.18. The minimum Gasteiger partial charge on any atom is -0.330 e. The fourth-order valence-corrected chi connectivity index (χ4v) is 2.61. The van der Waals surface area contributed by atoms with Gasteiger partial charge >= 0.3 is 0 Å². The smallest absolute Gasteiger partial charge is 0.249 e. The van der Waals surface area contributed by atoms with E-state index in [1.165, 1.54) is 0 Å². The Balaban J connectivity index is 0.00000220. The van der Waals surface area contributed by atoms with E-state index in [-0.39, 0.29) is 24.2 Å². The number of anilines is 1. The van der Waals surface area contributed by atoms with Crippen LogP contribution >= 0.6 is 12.4 Å². The van der Waals surface area contributed by atoms with Crippen molar-refractivity contribution in [1.29, 1.82) is 0 Å². The van der Waals surface area contributed by atoms with Crippen molar-refractivity contribution in [2.24, 2.45) is 5.73 Å². The van der Waals surface area contributed by atoms with Crippen molar-refractivity contribution in [3.63, 3.8) is 0 Å². The first-order valence-corrected chi connectivity index (χ1v) is 6.98. The van der Waals surface area contributed by atoms with E-state index in [1.807, 2.05) is 37.3 Å². The number of benzene rings is 1. The van der Waals surface area contributed by atoms with Gasteiger partial charge in [-0.15, -0.1) is 12.4 Å². The molecule has 2 amide bonds. The van der Waals surface area contributed by atoms with Gasteiger partial charge in [-0.2, -0.15) is 0 Å². The van der Waals surface area contributed by atoms with Crippen molar-refractivity contribution in [1.82, 2.24) is 4.90 Å². The summed E-state index contributed by atoms with van der Waals surface area (Å²) in [4.78, 5) is 27.9. The zero-order chi connectivity index (χ0) is 14.7. The van der Waals surface area contributed by atoms with Crippen LogP contribution in [0.3, 0.4) is 0 Å². The van der Waals surface area contributed by atoms with E-state index >= 15 is 0 Å². The van der Waals surface area contributed by atoms with Gasteiger partial charge in [-0.1, -0.05) is 18.2 Å². The molecule has 5 nitrogen and oxygen atoms in total. The number of carbonyl (C=O) groups excluding carboxylic acids is 2. The monoisotopic (exact) mass is 311 g/mol. The minimum absolute atomic E-state index is 0. The van der Waals surface area contributed by atoms with E-state index in [0.717, 1.165) is 5.69 Å². The number of carbonyl (C=O) groups is 2. The molecule has 1 saturated heterocycles. The summed E-state index contributed by atoms with van der Waals surface area (Å²) in [6.07, 6.45) is 0.653. The first-order chi connectivity index (χ1) is 9.56. The average Bonchev–Trinajstić information content (AvgIpc) is 2.82. The summed E-state index contributed by atoms with van der Waals surface area (Å²) in [5.41, 5.74) is 6.53. The van der Waals surface area contributed by atoms with Crippen molar-refractivity contribution in [2.75, 3.05) is 18.0 Å². The van der Waals surface area contributed by atoms with Crippen molar-refractivity contribution in [2.45, 2.75) is 32.4 Å². The fraction of sp³-hybridized carbons (Fsp3) is 0.467. The molecule has 0 aliphatic carbocycles. The number of rotatable bonds is 4. The Morgan fingerprint density at radius 2 is 2.05 bits per heavy atom. The van der Waals surface area contributed by atoms with Gasteiger partial charge in [0, 0.05) is 18.8 Å². The lowest BCUT2D eigenvalue weighted by atomic mass is 10.2. The molecule has 1 heterocycles. The summed E-state index contributed by atoms with van der Waals surface area (Å²) in [7, 11) is 0. The maximum Gasteiger partial charge on any atom is 0.249 e. The van der Waals surface area contributed by atoms with Crippen molar-refractivity contribution < 1.29 is 9.59 Å². The van der Waals surface area contributed by atoms with Crippen molar-refractivity contribution in [3.05, 3.63) is 30.3 Å². The van der Waals surface area contributed by atoms with Gasteiger partial charge in [-0.05, 0) is 32.4 Å². The third-order valence-corrected chi connectivity index (χ3v) is 3.63. The molecule has 1 aromatic carbocycles. The van der Waals surface area contributed by atoms with E-state index < -0.39 is 12.1 Å². The molecule has 2 atom stereocenters. The summed E-state index contributed by atoms with van der Waals surface area (Å²) >= 11 is 0. The second kappa shape index (κ2) is 7.43. The molecule has 1 aliphatic rings. The normalized spacial score (nSPS) is 19.1. The Morgan fingerprint density at radius 3 is 2.57 bits per heavy atom. The molecule has 1 unspecified atom stereocenters. The van der Waals surface area contributed by atoms with Crippen LogP contribution in [0.2, 0.25) is 0 Å². The van der Waals surface area contributed by atoms with Gasteiger partial charge in [0.1, 0.15) is 6.04 Å². The summed E-state index contributed by atoms with van der Waals surface area (Å²) in [5.74, 6) is -0.187. The van der Waals surface area contributed by atoms with E-state index in [1.54, 1.807) is 16.7 Å². The fourth-order valence-electron chi connectivity index (χ4n) is 2.61. The third kappa shape index (κ3) is 3.54. The molecule has 1 aromatic rings. The Morgan fingerprint density at radius 1 is 1.43 bits per heavy atom. The zero-order valence-electron chi connectivity index (χ0n) is 12.4. The van der Waals surface area contributed by atoms with E-state index in [4.69, 9.17) is 5.73 Å². The number of hydrogen-bond donors (Lipinski definition) is 1. The third-order valence-electron chi connectivity index (χ3n) is 3.63. The highest BCUT2D eigenvalue weighted by Crippen LogP contribution is 2.24. The lowest BCUT2D eigenvalue weighted by Gasteiger charge is -2.28. The van der Waals surface area contributed by atoms with Crippen LogP contribution in [0, 0.1) is 0 Å². The van der Waals surface area contributed by atoms with Crippen LogP contribution < -0.4 is 10.6 Å². The number of nitrogens with zero attached hydrogens (tertiary/aromatic N) is 2. The molecule has 2 N–H and O–H groups in total. The summed E-state index contributed by atoms with van der Waals surface area (Å²) in [5, 5.41) is 0. The Hall–Kier alpha value is -1.59. The largest absolute Gasteiger partial charge is 0.330 e. The van der Waals surface area contributed by atoms with Gasteiger partial charge in [-0.3, -0.25) is 9.59 Å². The van der Waals surface area contributed by atoms with Crippen molar-refractivity contribution >= 4 is 29.9 Å². The molecule has 21 heavy (non-hydrogen) atoms. The molecule has 1 aliphatic heterocycles. The average molecular weight is 312 g/mol. The predicted octanol–water partition coefficient (Wildman–Crippen LogP) is 1.41. The maximum atomic E-state index is 12.5. The molecule has 0 saturated carbocycles. The maximum absolute atomic E-state index is 12.5. The quantitative estimate of drug-likeness (QED) is 0.914. The van der Waals surface area contributed by atoms with Crippen LogP contribution in [0.15, 0.2) is 30.3 Å². The number of hydrogen-bond acceptors (Lipinski definition) is 3. The molecule has 6 heteroatoms. The van der Waals surface area contributed by atoms with Gasteiger partial charge in [0.05, 0.1) is 6.04 Å². The summed E-state index contributed by atoms with van der Waals surface area (Å²) in [6, 6.07) is 8.57. The van der Waals surface area contributed by atoms with Crippen LogP contribution in [0.4, 0.5) is 5.69 Å². The topological polar surface area (TPSA) is 66.6 Å². The standard InChI is InChI=1S/C15H21N3O2.ClH/c1-3-17(14(19)11(2)16)13-9-10-18(15(13)20)12-7-5-4-6-8-12;/h4-8,11,13H,3,9-10,16H2,1-2H3;1H/t11-,13?;/m0./s1. The second-order valence-corrected chi connectivity index (χ2v) is 5.04. The van der Waals surface area contributed by atoms with E-state index in [9.17, 15) is 9.59 Å². The van der Waals surface area contributed by atoms with Gasteiger partial charge in [0.2, 0.25) is 11.8 Å². The lowest BCUT2D eigenvalue weighted by molar-refractivity contribution is -0.138. The van der Waals surface area contributed by atoms with Crippen LogP contribution in [0.5, 0.6) is 0 Å². The van der Waals surface area contributed by atoms with Gasteiger partial charge in [0.25, 0.3) is 0 Å². The second-order valence-electron chi connectivity index (χ2n) is 5.04. The molecular weight excluding hydrogens is 290 g/mol. The highest BCUT2D eigenvalue weighted by Gasteiger charge is 2.38. The van der Waals surface area contributed by atoms with Crippen LogP contribution in [0.1, 0.15) is 20.3 Å². The number of nitrogens with two attached hydrogens (primary N) is 1. The molecule has 0 spiro atoms. The highest BCUT2D eigenvalue weighted by molar-refractivity contribution is 6.01. The van der Waals surface area contributed by atoms with E-state index in [0.29, 0.717) is 19.5 Å². The Bertz CT molecular complexity index is 493. The number of likely N-dealkylation sites (N-methyl/N-ethyl adjacent to an activating group) is 1. The zero-order valence-corrected chi connectivity index (χ0v) is 13.2. The first kappa shape index (κ1) is 17.5. The van der Waals surface area contributed by atoms with Crippen LogP contribution in [0.25, 0.3) is 0 Å². The number of halogens is 1. The SMILES string of the molecule is CCN(C(=O)[C@H](C)N)C1CCN(c2ccccc2)C1=O.Cl. The molecule has 0 radical (unpaired) electrons. The molecule has 0 aromatic heterocycles.